The Morgan fingerprint density at radius 3 is 2.28 bits per heavy atom. The SMILES string of the molecule is C/C=C(\CF)C1CN(C2CCOCC2)C(=O)N1C1CCN(Cc2ccc(Sc3ccc(OCC(=O)O)cc3)nc2)CC1.CC=C(C)C. The number of ether oxygens (including phenoxy) is 2. The Morgan fingerprint density at radius 1 is 1.04 bits per heavy atom. The first-order valence-electron chi connectivity index (χ1n) is 16.5. The Balaban J connectivity index is 0.000000930. The Labute approximate surface area is 282 Å². The van der Waals surface area contributed by atoms with Gasteiger partial charge in [-0.15, -0.1) is 0 Å². The number of aromatic nitrogens is 1. The molecule has 1 unspecified atom stereocenters. The van der Waals surface area contributed by atoms with Gasteiger partial charge in [0.1, 0.15) is 17.5 Å². The highest BCUT2D eigenvalue weighted by Gasteiger charge is 2.45. The monoisotopic (exact) mass is 668 g/mol. The number of carboxylic acids is 1. The molecule has 1 aromatic carbocycles. The van der Waals surface area contributed by atoms with E-state index < -0.39 is 12.6 Å². The van der Waals surface area contributed by atoms with Crippen molar-refractivity contribution in [1.29, 1.82) is 0 Å². The lowest BCUT2D eigenvalue weighted by Crippen LogP contribution is -2.50. The standard InChI is InChI=1S/C31H39FN4O5S.C5H10/c1-2-23(17-32)28-20-35(24-11-15-40-16-12-24)31(39)36(28)25-9-13-34(14-10-25)19-22-3-8-29(33-18-22)42-27-6-4-26(5-7-27)41-21-30(37)38;1-4-5(2)3/h2-8,18,24-25,28H,9-17,19-21H2,1H3,(H,37,38);4H,1-3H3/b23-2+;. The number of piperidine rings is 1. The third-order valence-corrected chi connectivity index (χ3v) is 9.86. The van der Waals surface area contributed by atoms with Crippen LogP contribution in [0.25, 0.3) is 0 Å². The molecule has 47 heavy (non-hydrogen) atoms. The number of likely N-dealkylation sites (tertiary alicyclic amines) is 1. The quantitative estimate of drug-likeness (QED) is 0.261. The summed E-state index contributed by atoms with van der Waals surface area (Å²) in [6.07, 6.45) is 9.24. The highest BCUT2D eigenvalue weighted by atomic mass is 32.2. The number of hydrogen-bond donors (Lipinski definition) is 1. The van der Waals surface area contributed by atoms with Crippen molar-refractivity contribution in [1.82, 2.24) is 19.7 Å². The number of carbonyl (C=O) groups is 2. The summed E-state index contributed by atoms with van der Waals surface area (Å²) < 4.78 is 24.7. The lowest BCUT2D eigenvalue weighted by Gasteiger charge is -2.39. The number of rotatable bonds is 11. The van der Waals surface area contributed by atoms with Crippen molar-refractivity contribution in [2.24, 2.45) is 0 Å². The molecule has 0 bridgehead atoms. The van der Waals surface area contributed by atoms with Crippen LogP contribution in [0.3, 0.4) is 0 Å². The fraction of sp³-hybridized carbons (Fsp3) is 0.528. The molecule has 11 heteroatoms. The lowest BCUT2D eigenvalue weighted by molar-refractivity contribution is -0.139. The van der Waals surface area contributed by atoms with E-state index in [4.69, 9.17) is 14.6 Å². The molecule has 3 aliphatic rings. The second-order valence-electron chi connectivity index (χ2n) is 12.3. The van der Waals surface area contributed by atoms with Gasteiger partial charge in [-0.3, -0.25) is 4.90 Å². The van der Waals surface area contributed by atoms with Crippen LogP contribution in [-0.4, -0.2) is 101 Å². The highest BCUT2D eigenvalue weighted by molar-refractivity contribution is 7.99. The molecular weight excluding hydrogens is 619 g/mol. The van der Waals surface area contributed by atoms with E-state index >= 15 is 0 Å². The largest absolute Gasteiger partial charge is 0.482 e. The molecule has 2 amide bonds. The zero-order chi connectivity index (χ0) is 33.8. The molecule has 1 atom stereocenters. The number of nitrogens with zero attached hydrogens (tertiary/aromatic N) is 4. The molecule has 0 radical (unpaired) electrons. The molecule has 5 rings (SSSR count). The summed E-state index contributed by atoms with van der Waals surface area (Å²) in [4.78, 5) is 36.3. The topological polar surface area (TPSA) is 95.4 Å². The number of allylic oxidation sites excluding steroid dienone is 3. The number of carbonyl (C=O) groups excluding carboxylic acids is 1. The number of pyridine rings is 1. The van der Waals surface area contributed by atoms with Crippen LogP contribution < -0.4 is 4.74 Å². The Hall–Kier alpha value is -3.41. The van der Waals surface area contributed by atoms with Crippen LogP contribution in [0.5, 0.6) is 5.75 Å². The summed E-state index contributed by atoms with van der Waals surface area (Å²) in [6.45, 7) is 11.6. The summed E-state index contributed by atoms with van der Waals surface area (Å²) in [5, 5.41) is 9.61. The third kappa shape index (κ3) is 10.5. The van der Waals surface area contributed by atoms with Gasteiger partial charge in [-0.1, -0.05) is 35.6 Å². The smallest absolute Gasteiger partial charge is 0.341 e. The normalized spacial score (nSPS) is 19.7. The van der Waals surface area contributed by atoms with Gasteiger partial charge in [-0.25, -0.2) is 19.0 Å². The van der Waals surface area contributed by atoms with Crippen molar-refractivity contribution in [3.05, 3.63) is 71.5 Å². The Kier molecular flexibility index (Phi) is 14.1. The van der Waals surface area contributed by atoms with Crippen LogP contribution in [0, 0.1) is 0 Å². The summed E-state index contributed by atoms with van der Waals surface area (Å²) in [5.74, 6) is -0.494. The summed E-state index contributed by atoms with van der Waals surface area (Å²) in [6, 6.07) is 11.5. The van der Waals surface area contributed by atoms with E-state index in [1.807, 2.05) is 54.1 Å². The summed E-state index contributed by atoms with van der Waals surface area (Å²) in [5.41, 5.74) is 3.21. The maximum absolute atomic E-state index is 14.0. The number of aliphatic carboxylic acids is 1. The van der Waals surface area contributed by atoms with Gasteiger partial charge in [-0.2, -0.15) is 0 Å². The van der Waals surface area contributed by atoms with Gasteiger partial charge < -0.3 is 24.4 Å². The molecule has 3 saturated heterocycles. The second-order valence-corrected chi connectivity index (χ2v) is 13.4. The van der Waals surface area contributed by atoms with Crippen molar-refractivity contribution in [2.45, 2.75) is 88.0 Å². The predicted octanol–water partition coefficient (Wildman–Crippen LogP) is 6.83. The van der Waals surface area contributed by atoms with Gasteiger partial charge in [-0.05, 0) is 94.8 Å². The molecule has 3 aliphatic heterocycles. The van der Waals surface area contributed by atoms with E-state index in [1.54, 1.807) is 12.1 Å². The van der Waals surface area contributed by atoms with Crippen molar-refractivity contribution >= 4 is 23.8 Å². The number of alkyl halides is 1. The number of hydrogen-bond acceptors (Lipinski definition) is 7. The number of carboxylic acid groups (broad SMARTS) is 1. The van der Waals surface area contributed by atoms with Crippen molar-refractivity contribution in [3.63, 3.8) is 0 Å². The maximum Gasteiger partial charge on any atom is 0.341 e. The van der Waals surface area contributed by atoms with Crippen LogP contribution in [0.1, 0.15) is 58.9 Å². The Morgan fingerprint density at radius 2 is 1.72 bits per heavy atom. The predicted molar refractivity (Wildman–Crippen MR) is 183 cm³/mol. The molecular formula is C36H49FN4O5S. The molecule has 0 spiro atoms. The molecule has 3 fully saturated rings. The van der Waals surface area contributed by atoms with E-state index in [2.05, 4.69) is 35.9 Å². The fourth-order valence-corrected chi connectivity index (χ4v) is 6.80. The van der Waals surface area contributed by atoms with E-state index in [0.29, 0.717) is 31.1 Å². The van der Waals surface area contributed by atoms with Gasteiger partial charge in [0, 0.05) is 62.6 Å². The Bertz CT molecular complexity index is 1350. The van der Waals surface area contributed by atoms with Crippen LogP contribution in [0.15, 0.2) is 75.8 Å². The number of amides is 2. The maximum atomic E-state index is 14.0. The molecule has 1 aromatic heterocycles. The molecule has 9 nitrogen and oxygen atoms in total. The van der Waals surface area contributed by atoms with E-state index in [1.165, 1.54) is 17.3 Å². The van der Waals surface area contributed by atoms with Crippen LogP contribution in [0.4, 0.5) is 9.18 Å². The molecule has 0 aliphatic carbocycles. The summed E-state index contributed by atoms with van der Waals surface area (Å²) >= 11 is 1.53. The van der Waals surface area contributed by atoms with Crippen molar-refractivity contribution < 1.29 is 28.6 Å². The first-order valence-corrected chi connectivity index (χ1v) is 17.3. The van der Waals surface area contributed by atoms with Gasteiger partial charge in [0.2, 0.25) is 0 Å². The molecule has 256 valence electrons. The number of halogens is 1. The van der Waals surface area contributed by atoms with Gasteiger partial charge >= 0.3 is 12.0 Å². The summed E-state index contributed by atoms with van der Waals surface area (Å²) in [7, 11) is 0. The van der Waals surface area contributed by atoms with E-state index in [9.17, 15) is 14.0 Å². The zero-order valence-electron chi connectivity index (χ0n) is 28.1. The lowest BCUT2D eigenvalue weighted by atomic mass is 9.99. The minimum Gasteiger partial charge on any atom is -0.482 e. The third-order valence-electron chi connectivity index (χ3n) is 8.90. The van der Waals surface area contributed by atoms with Gasteiger partial charge in [0.25, 0.3) is 0 Å². The molecule has 4 heterocycles. The van der Waals surface area contributed by atoms with E-state index in [0.717, 1.165) is 60.8 Å². The van der Waals surface area contributed by atoms with Crippen molar-refractivity contribution in [2.75, 3.05) is 46.1 Å². The first kappa shape index (κ1) is 36.4. The molecule has 0 saturated carbocycles. The second kappa shape index (κ2) is 18.2. The van der Waals surface area contributed by atoms with Crippen molar-refractivity contribution in [3.8, 4) is 5.75 Å². The van der Waals surface area contributed by atoms with Crippen LogP contribution in [0.2, 0.25) is 0 Å². The van der Waals surface area contributed by atoms with Gasteiger partial charge in [0.05, 0.1) is 6.04 Å². The van der Waals surface area contributed by atoms with Gasteiger partial charge in [0.15, 0.2) is 6.61 Å². The number of benzene rings is 1. The highest BCUT2D eigenvalue weighted by Crippen LogP contribution is 2.33. The first-order chi connectivity index (χ1) is 22.7. The fourth-order valence-electron chi connectivity index (χ4n) is 6.05. The number of urea groups is 1. The van der Waals surface area contributed by atoms with Crippen LogP contribution in [-0.2, 0) is 16.1 Å². The minimum atomic E-state index is -1.01. The van der Waals surface area contributed by atoms with Crippen LogP contribution >= 0.6 is 11.8 Å². The average molecular weight is 669 g/mol. The molecule has 2 aromatic rings. The van der Waals surface area contributed by atoms with E-state index in [-0.39, 0.29) is 30.8 Å². The minimum absolute atomic E-state index is 0.0536. The molecule has 1 N–H and O–H groups in total. The average Bonchev–Trinajstić information content (AvgIpc) is 3.43. The zero-order valence-corrected chi connectivity index (χ0v) is 28.9.